The summed E-state index contributed by atoms with van der Waals surface area (Å²) in [5.74, 6) is -0.391. The van der Waals surface area contributed by atoms with Crippen molar-refractivity contribution in [2.45, 2.75) is 25.1 Å². The standard InChI is InChI=1S/C13H16F3N3O/c14-13(15,16)8-1-2-11(10(7-8)12(17)18)19-5-3-9(20)4-6-19/h1-2,7,9,20H,3-6H2,(H3,17,18). The Morgan fingerprint density at radius 1 is 1.30 bits per heavy atom. The van der Waals surface area contributed by atoms with Gasteiger partial charge >= 0.3 is 6.18 Å². The molecule has 1 aliphatic heterocycles. The molecule has 110 valence electrons. The maximum absolute atomic E-state index is 12.7. The summed E-state index contributed by atoms with van der Waals surface area (Å²) in [5.41, 5.74) is 5.18. The normalized spacial score (nSPS) is 17.3. The van der Waals surface area contributed by atoms with Gasteiger partial charge in [0.2, 0.25) is 0 Å². The zero-order chi connectivity index (χ0) is 14.9. The van der Waals surface area contributed by atoms with E-state index in [4.69, 9.17) is 11.1 Å². The summed E-state index contributed by atoms with van der Waals surface area (Å²) >= 11 is 0. The highest BCUT2D eigenvalue weighted by Crippen LogP contribution is 2.33. The van der Waals surface area contributed by atoms with Crippen LogP contribution in [0.3, 0.4) is 0 Å². The van der Waals surface area contributed by atoms with E-state index >= 15 is 0 Å². The molecule has 0 aliphatic carbocycles. The lowest BCUT2D eigenvalue weighted by Gasteiger charge is -2.33. The Balaban J connectivity index is 2.36. The highest BCUT2D eigenvalue weighted by molar-refractivity contribution is 6.00. The number of aliphatic hydroxyl groups excluding tert-OH is 1. The molecule has 1 aromatic carbocycles. The van der Waals surface area contributed by atoms with Crippen LogP contribution < -0.4 is 10.6 Å². The first-order valence-corrected chi connectivity index (χ1v) is 6.27. The molecule has 0 aromatic heterocycles. The molecule has 0 unspecified atom stereocenters. The van der Waals surface area contributed by atoms with E-state index in [2.05, 4.69) is 0 Å². The van der Waals surface area contributed by atoms with Gasteiger partial charge in [-0.2, -0.15) is 13.2 Å². The van der Waals surface area contributed by atoms with Gasteiger partial charge in [0.25, 0.3) is 0 Å². The Morgan fingerprint density at radius 2 is 1.90 bits per heavy atom. The van der Waals surface area contributed by atoms with Crippen molar-refractivity contribution in [3.63, 3.8) is 0 Å². The summed E-state index contributed by atoms with van der Waals surface area (Å²) in [4.78, 5) is 1.85. The fourth-order valence-corrected chi connectivity index (χ4v) is 2.31. The molecule has 0 spiro atoms. The zero-order valence-corrected chi connectivity index (χ0v) is 10.7. The van der Waals surface area contributed by atoms with Crippen LogP contribution in [0.5, 0.6) is 0 Å². The lowest BCUT2D eigenvalue weighted by Crippen LogP contribution is -2.37. The molecule has 1 aliphatic rings. The second-order valence-corrected chi connectivity index (χ2v) is 4.86. The summed E-state index contributed by atoms with van der Waals surface area (Å²) in [6.07, 6.45) is -3.72. The molecular weight excluding hydrogens is 271 g/mol. The molecule has 20 heavy (non-hydrogen) atoms. The van der Waals surface area contributed by atoms with Gasteiger partial charge in [-0.25, -0.2) is 0 Å². The first kappa shape index (κ1) is 14.6. The number of nitrogen functional groups attached to an aromatic ring is 1. The van der Waals surface area contributed by atoms with Crippen molar-refractivity contribution in [1.29, 1.82) is 5.41 Å². The number of nitrogens with two attached hydrogens (primary N) is 1. The van der Waals surface area contributed by atoms with Gasteiger partial charge < -0.3 is 15.7 Å². The van der Waals surface area contributed by atoms with Gasteiger partial charge in [-0.15, -0.1) is 0 Å². The summed E-state index contributed by atoms with van der Waals surface area (Å²) in [7, 11) is 0. The van der Waals surface area contributed by atoms with Gasteiger partial charge in [-0.3, -0.25) is 5.41 Å². The number of anilines is 1. The maximum atomic E-state index is 12.7. The number of nitrogens with one attached hydrogen (secondary N) is 1. The van der Waals surface area contributed by atoms with Crippen LogP contribution in [-0.4, -0.2) is 30.1 Å². The van der Waals surface area contributed by atoms with E-state index in [-0.39, 0.29) is 11.7 Å². The van der Waals surface area contributed by atoms with Crippen molar-refractivity contribution in [3.8, 4) is 0 Å². The lowest BCUT2D eigenvalue weighted by molar-refractivity contribution is -0.137. The van der Waals surface area contributed by atoms with E-state index < -0.39 is 17.6 Å². The molecule has 1 fully saturated rings. The highest BCUT2D eigenvalue weighted by atomic mass is 19.4. The largest absolute Gasteiger partial charge is 0.416 e. The molecule has 1 saturated heterocycles. The number of hydrogen-bond acceptors (Lipinski definition) is 3. The predicted molar refractivity (Wildman–Crippen MR) is 69.9 cm³/mol. The van der Waals surface area contributed by atoms with Crippen LogP contribution >= 0.6 is 0 Å². The second kappa shape index (κ2) is 5.32. The van der Waals surface area contributed by atoms with Crippen molar-refractivity contribution in [2.24, 2.45) is 5.73 Å². The number of amidine groups is 1. The minimum Gasteiger partial charge on any atom is -0.393 e. The minimum absolute atomic E-state index is 0.0798. The molecular formula is C13H16F3N3O. The SMILES string of the molecule is N=C(N)c1cc(C(F)(F)F)ccc1N1CCC(O)CC1. The molecule has 7 heteroatoms. The number of aliphatic hydroxyl groups is 1. The van der Waals surface area contributed by atoms with Gasteiger partial charge in [-0.1, -0.05) is 0 Å². The van der Waals surface area contributed by atoms with E-state index in [1.807, 2.05) is 4.90 Å². The third-order valence-electron chi connectivity index (χ3n) is 3.42. The van der Waals surface area contributed by atoms with E-state index in [0.29, 0.717) is 31.6 Å². The Hall–Kier alpha value is -1.76. The molecule has 2 rings (SSSR count). The molecule has 0 amide bonds. The fraction of sp³-hybridized carbons (Fsp3) is 0.462. The van der Waals surface area contributed by atoms with E-state index in [0.717, 1.165) is 12.1 Å². The Kier molecular flexibility index (Phi) is 3.89. The quantitative estimate of drug-likeness (QED) is 0.575. The number of piperidine rings is 1. The van der Waals surface area contributed by atoms with Gasteiger partial charge in [-0.05, 0) is 31.0 Å². The van der Waals surface area contributed by atoms with Gasteiger partial charge in [0, 0.05) is 24.3 Å². The first-order valence-electron chi connectivity index (χ1n) is 6.27. The number of hydrogen-bond donors (Lipinski definition) is 3. The number of benzene rings is 1. The van der Waals surface area contributed by atoms with Crippen LogP contribution in [0, 0.1) is 5.41 Å². The average molecular weight is 287 g/mol. The topological polar surface area (TPSA) is 73.3 Å². The van der Waals surface area contributed by atoms with E-state index in [9.17, 15) is 18.3 Å². The minimum atomic E-state index is -4.46. The third-order valence-corrected chi connectivity index (χ3v) is 3.42. The average Bonchev–Trinajstić information content (AvgIpc) is 2.38. The number of nitrogens with zero attached hydrogens (tertiary/aromatic N) is 1. The third kappa shape index (κ3) is 3.04. The summed E-state index contributed by atoms with van der Waals surface area (Å²) in [5, 5.41) is 16.9. The van der Waals surface area contributed by atoms with E-state index in [1.165, 1.54) is 6.07 Å². The van der Waals surface area contributed by atoms with E-state index in [1.54, 1.807) is 0 Å². The fourth-order valence-electron chi connectivity index (χ4n) is 2.31. The Bertz CT molecular complexity index is 508. The van der Waals surface area contributed by atoms with Crippen molar-refractivity contribution in [1.82, 2.24) is 0 Å². The summed E-state index contributed by atoms with van der Waals surface area (Å²) < 4.78 is 38.1. The number of halogens is 3. The molecule has 0 saturated carbocycles. The van der Waals surface area contributed by atoms with Gasteiger partial charge in [0.15, 0.2) is 0 Å². The molecule has 4 nitrogen and oxygen atoms in total. The van der Waals surface area contributed by atoms with Crippen LogP contribution in [0.25, 0.3) is 0 Å². The maximum Gasteiger partial charge on any atom is 0.416 e. The van der Waals surface area contributed by atoms with Crippen molar-refractivity contribution < 1.29 is 18.3 Å². The molecule has 0 bridgehead atoms. The van der Waals surface area contributed by atoms with Crippen molar-refractivity contribution >= 4 is 11.5 Å². The molecule has 0 radical (unpaired) electrons. The van der Waals surface area contributed by atoms with Gasteiger partial charge in [0.1, 0.15) is 5.84 Å². The first-order chi connectivity index (χ1) is 9.29. The highest BCUT2D eigenvalue weighted by Gasteiger charge is 2.32. The zero-order valence-electron chi connectivity index (χ0n) is 10.7. The lowest BCUT2D eigenvalue weighted by atomic mass is 10.0. The smallest absolute Gasteiger partial charge is 0.393 e. The monoisotopic (exact) mass is 287 g/mol. The molecule has 0 atom stereocenters. The van der Waals surface area contributed by atoms with Crippen LogP contribution in [0.2, 0.25) is 0 Å². The second-order valence-electron chi connectivity index (χ2n) is 4.86. The predicted octanol–water partition coefficient (Wildman–Crippen LogP) is 1.95. The molecule has 1 aromatic rings. The molecule has 4 N–H and O–H groups in total. The number of alkyl halides is 3. The number of rotatable bonds is 2. The summed E-state index contributed by atoms with van der Waals surface area (Å²) in [6, 6.07) is 3.24. The van der Waals surface area contributed by atoms with Gasteiger partial charge in [0.05, 0.1) is 11.7 Å². The van der Waals surface area contributed by atoms with Crippen LogP contribution in [0.1, 0.15) is 24.0 Å². The Morgan fingerprint density at radius 3 is 2.40 bits per heavy atom. The van der Waals surface area contributed by atoms with Crippen LogP contribution in [0.15, 0.2) is 18.2 Å². The molecule has 1 heterocycles. The van der Waals surface area contributed by atoms with Crippen LogP contribution in [0.4, 0.5) is 18.9 Å². The Labute approximate surface area is 114 Å². The van der Waals surface area contributed by atoms with Crippen molar-refractivity contribution in [3.05, 3.63) is 29.3 Å². The van der Waals surface area contributed by atoms with Crippen molar-refractivity contribution in [2.75, 3.05) is 18.0 Å². The summed E-state index contributed by atoms with van der Waals surface area (Å²) in [6.45, 7) is 1.07. The van der Waals surface area contributed by atoms with Crippen LogP contribution in [-0.2, 0) is 6.18 Å².